The number of piperidine rings is 1. The fourth-order valence-corrected chi connectivity index (χ4v) is 1.54. The lowest BCUT2D eigenvalue weighted by atomic mass is 10.1. The highest BCUT2D eigenvalue weighted by atomic mass is 16.6. The number of hydrogen-bond acceptors (Lipinski definition) is 4. The first-order valence-corrected chi connectivity index (χ1v) is 5.81. The second-order valence-corrected chi connectivity index (χ2v) is 3.62. The smallest absolute Gasteiger partial charge is 0.410 e. The maximum absolute atomic E-state index is 11.5. The van der Waals surface area contributed by atoms with Gasteiger partial charge in [0.25, 0.3) is 0 Å². The molecule has 0 saturated carbocycles. The monoisotopic (exact) mass is 239 g/mol. The predicted octanol–water partition coefficient (Wildman–Crippen LogP) is 1.18. The second kappa shape index (κ2) is 7.55. The van der Waals surface area contributed by atoms with E-state index in [2.05, 4.69) is 16.6 Å². The number of likely N-dealkylation sites (tertiary alicyclic amines) is 1. The van der Waals surface area contributed by atoms with E-state index in [-0.39, 0.29) is 12.7 Å². The summed E-state index contributed by atoms with van der Waals surface area (Å²) in [5.41, 5.74) is 0. The molecule has 1 rings (SSSR count). The highest BCUT2D eigenvalue weighted by Crippen LogP contribution is 2.09. The molecular weight excluding hydrogens is 222 g/mol. The normalized spacial score (nSPS) is 14.5. The Labute approximate surface area is 101 Å². The summed E-state index contributed by atoms with van der Waals surface area (Å²) in [6.07, 6.45) is 2.84. The zero-order valence-electron chi connectivity index (χ0n) is 10.0. The van der Waals surface area contributed by atoms with Crippen LogP contribution < -0.4 is 0 Å². The van der Waals surface area contributed by atoms with Gasteiger partial charge in [0.15, 0.2) is 6.61 Å². The molecule has 0 N–H and O–H groups in total. The fraction of sp³-hybridized carbons (Fsp3) is 0.667. The highest BCUT2D eigenvalue weighted by molar-refractivity contribution is 5.88. The largest absolute Gasteiger partial charge is 0.456 e. The van der Waals surface area contributed by atoms with Gasteiger partial charge in [-0.1, -0.05) is 0 Å². The van der Waals surface area contributed by atoms with Crippen LogP contribution in [0, 0.1) is 11.8 Å². The van der Waals surface area contributed by atoms with E-state index in [4.69, 9.17) is 4.74 Å². The van der Waals surface area contributed by atoms with Crippen LogP contribution in [0.2, 0.25) is 0 Å². The van der Waals surface area contributed by atoms with Gasteiger partial charge in [-0.2, -0.15) is 0 Å². The summed E-state index contributed by atoms with van der Waals surface area (Å²) in [7, 11) is 0. The van der Waals surface area contributed by atoms with Crippen LogP contribution in [0.15, 0.2) is 0 Å². The Balaban J connectivity index is 2.21. The Morgan fingerprint density at radius 2 is 1.88 bits per heavy atom. The van der Waals surface area contributed by atoms with E-state index < -0.39 is 5.97 Å². The molecule has 1 amide bonds. The van der Waals surface area contributed by atoms with Crippen LogP contribution in [0.5, 0.6) is 0 Å². The number of amides is 1. The third kappa shape index (κ3) is 5.25. The molecular formula is C12H17NO4. The van der Waals surface area contributed by atoms with Crippen molar-refractivity contribution in [2.45, 2.75) is 26.2 Å². The Bertz CT molecular complexity index is 323. The molecule has 1 aliphatic heterocycles. The molecule has 0 bridgehead atoms. The van der Waals surface area contributed by atoms with Gasteiger partial charge >= 0.3 is 12.1 Å². The minimum absolute atomic E-state index is 0.0753. The molecule has 1 aliphatic rings. The van der Waals surface area contributed by atoms with Crippen LogP contribution in [-0.4, -0.2) is 43.3 Å². The number of carbonyl (C=O) groups excluding carboxylic acids is 2. The van der Waals surface area contributed by atoms with Crippen molar-refractivity contribution in [2.75, 3.05) is 26.3 Å². The third-order valence-electron chi connectivity index (χ3n) is 2.35. The molecule has 0 aliphatic carbocycles. The van der Waals surface area contributed by atoms with Crippen LogP contribution in [0.25, 0.3) is 0 Å². The molecule has 17 heavy (non-hydrogen) atoms. The summed E-state index contributed by atoms with van der Waals surface area (Å²) >= 11 is 0. The molecule has 0 spiro atoms. The van der Waals surface area contributed by atoms with Crippen molar-refractivity contribution in [3.05, 3.63) is 0 Å². The van der Waals surface area contributed by atoms with Crippen molar-refractivity contribution < 1.29 is 19.1 Å². The number of rotatable bonds is 2. The number of esters is 1. The minimum atomic E-state index is -0.596. The summed E-state index contributed by atoms with van der Waals surface area (Å²) in [6.45, 7) is 3.40. The van der Waals surface area contributed by atoms with Crippen molar-refractivity contribution in [3.63, 3.8) is 0 Å². The standard InChI is InChI=1S/C12H17NO4/c1-2-16-11(14)7-6-10-17-12(15)13-8-4-3-5-9-13/h2-5,8-10H2,1H3. The first-order valence-electron chi connectivity index (χ1n) is 5.81. The van der Waals surface area contributed by atoms with E-state index >= 15 is 0 Å². The first kappa shape index (κ1) is 13.4. The minimum Gasteiger partial charge on any atom is -0.456 e. The number of hydrogen-bond donors (Lipinski definition) is 0. The van der Waals surface area contributed by atoms with Gasteiger partial charge in [0.05, 0.1) is 6.61 Å². The maximum atomic E-state index is 11.5. The third-order valence-corrected chi connectivity index (χ3v) is 2.35. The van der Waals surface area contributed by atoms with Gasteiger partial charge in [-0.3, -0.25) is 0 Å². The Morgan fingerprint density at radius 3 is 2.53 bits per heavy atom. The van der Waals surface area contributed by atoms with E-state index in [0.717, 1.165) is 32.4 Å². The average molecular weight is 239 g/mol. The van der Waals surface area contributed by atoms with Gasteiger partial charge < -0.3 is 14.4 Å². The summed E-state index contributed by atoms with van der Waals surface area (Å²) in [5, 5.41) is 0. The molecule has 0 atom stereocenters. The SMILES string of the molecule is CCOC(=O)C#CCOC(=O)N1CCCCC1. The van der Waals surface area contributed by atoms with Crippen molar-refractivity contribution in [3.8, 4) is 11.8 Å². The lowest BCUT2D eigenvalue weighted by Crippen LogP contribution is -2.36. The van der Waals surface area contributed by atoms with Crippen LogP contribution in [-0.2, 0) is 14.3 Å². The molecule has 94 valence electrons. The molecule has 5 heteroatoms. The van der Waals surface area contributed by atoms with Gasteiger partial charge in [-0.15, -0.1) is 0 Å². The molecule has 0 unspecified atom stereocenters. The Hall–Kier alpha value is -1.70. The van der Waals surface area contributed by atoms with Gasteiger partial charge in [0.2, 0.25) is 0 Å². The zero-order valence-corrected chi connectivity index (χ0v) is 10.0. The van der Waals surface area contributed by atoms with E-state index in [0.29, 0.717) is 6.61 Å². The average Bonchev–Trinajstić information content (AvgIpc) is 2.36. The fourth-order valence-electron chi connectivity index (χ4n) is 1.54. The van der Waals surface area contributed by atoms with E-state index in [1.165, 1.54) is 0 Å². The molecule has 1 heterocycles. The topological polar surface area (TPSA) is 55.8 Å². The van der Waals surface area contributed by atoms with Crippen molar-refractivity contribution in [1.29, 1.82) is 0 Å². The lowest BCUT2D eigenvalue weighted by Gasteiger charge is -2.25. The quantitative estimate of drug-likeness (QED) is 0.412. The van der Waals surface area contributed by atoms with Crippen LogP contribution in [0.4, 0.5) is 4.79 Å². The van der Waals surface area contributed by atoms with Gasteiger partial charge in [0, 0.05) is 19.0 Å². The van der Waals surface area contributed by atoms with E-state index in [9.17, 15) is 9.59 Å². The van der Waals surface area contributed by atoms with E-state index in [1.807, 2.05) is 0 Å². The first-order chi connectivity index (χ1) is 8.24. The van der Waals surface area contributed by atoms with Gasteiger partial charge in [0.1, 0.15) is 0 Å². The zero-order chi connectivity index (χ0) is 12.5. The van der Waals surface area contributed by atoms with Crippen LogP contribution in [0.1, 0.15) is 26.2 Å². The number of ether oxygens (including phenoxy) is 2. The number of carbonyl (C=O) groups is 2. The Morgan fingerprint density at radius 1 is 1.18 bits per heavy atom. The van der Waals surface area contributed by atoms with Crippen molar-refractivity contribution in [1.82, 2.24) is 4.90 Å². The molecule has 0 aromatic carbocycles. The lowest BCUT2D eigenvalue weighted by molar-refractivity contribution is -0.136. The predicted molar refractivity (Wildman–Crippen MR) is 61.2 cm³/mol. The van der Waals surface area contributed by atoms with Gasteiger partial charge in [-0.05, 0) is 32.1 Å². The summed E-state index contributed by atoms with van der Waals surface area (Å²) < 4.78 is 9.52. The van der Waals surface area contributed by atoms with Crippen molar-refractivity contribution >= 4 is 12.1 Å². The maximum Gasteiger partial charge on any atom is 0.410 e. The molecule has 0 radical (unpaired) electrons. The summed E-state index contributed by atoms with van der Waals surface area (Å²) in [4.78, 5) is 24.0. The molecule has 1 fully saturated rings. The van der Waals surface area contributed by atoms with Crippen molar-refractivity contribution in [2.24, 2.45) is 0 Å². The molecule has 0 aromatic heterocycles. The number of nitrogens with zero attached hydrogens (tertiary/aromatic N) is 1. The highest BCUT2D eigenvalue weighted by Gasteiger charge is 2.16. The molecule has 1 saturated heterocycles. The Kier molecular flexibility index (Phi) is 5.94. The second-order valence-electron chi connectivity index (χ2n) is 3.62. The van der Waals surface area contributed by atoms with Gasteiger partial charge in [-0.25, -0.2) is 9.59 Å². The van der Waals surface area contributed by atoms with Crippen LogP contribution >= 0.6 is 0 Å². The van der Waals surface area contributed by atoms with E-state index in [1.54, 1.807) is 11.8 Å². The summed E-state index contributed by atoms with van der Waals surface area (Å²) in [6, 6.07) is 0. The molecule has 5 nitrogen and oxygen atoms in total. The van der Waals surface area contributed by atoms with Crippen LogP contribution in [0.3, 0.4) is 0 Å². The summed E-state index contributed by atoms with van der Waals surface area (Å²) in [5.74, 6) is 4.08. The molecule has 0 aromatic rings.